The van der Waals surface area contributed by atoms with E-state index in [0.717, 1.165) is 12.3 Å². The lowest BCUT2D eigenvalue weighted by Gasteiger charge is -2.12. The Labute approximate surface area is 97.2 Å². The zero-order valence-corrected chi connectivity index (χ0v) is 10.8. The molecule has 0 saturated carbocycles. The number of allylic oxidation sites excluding steroid dienone is 2. The van der Waals surface area contributed by atoms with Crippen molar-refractivity contribution in [2.45, 2.75) is 71.6 Å². The molecule has 0 heterocycles. The standard InChI is InChI=1S/C15H29/c1-4-7-10-13-15(12-9-6-3)14-11-8-5-2/h9,12,15H,3-8,10-11,13-14H2,1-2H3. The molecule has 0 nitrogen and oxygen atoms in total. The fourth-order valence-corrected chi connectivity index (χ4v) is 1.94. The molecular weight excluding hydrogens is 180 g/mol. The van der Waals surface area contributed by atoms with Crippen molar-refractivity contribution < 1.29 is 0 Å². The first kappa shape index (κ1) is 14.7. The van der Waals surface area contributed by atoms with E-state index in [0.29, 0.717) is 0 Å². The van der Waals surface area contributed by atoms with Gasteiger partial charge in [-0.05, 0) is 32.1 Å². The van der Waals surface area contributed by atoms with Gasteiger partial charge in [0, 0.05) is 0 Å². The molecule has 0 aliphatic rings. The second-order valence-corrected chi connectivity index (χ2v) is 4.47. The van der Waals surface area contributed by atoms with E-state index in [4.69, 9.17) is 0 Å². The highest BCUT2D eigenvalue weighted by Crippen LogP contribution is 2.19. The molecule has 15 heavy (non-hydrogen) atoms. The van der Waals surface area contributed by atoms with Crippen molar-refractivity contribution in [3.63, 3.8) is 0 Å². The van der Waals surface area contributed by atoms with Crippen LogP contribution in [-0.4, -0.2) is 0 Å². The maximum Gasteiger partial charge on any atom is -0.0234 e. The van der Waals surface area contributed by atoms with Gasteiger partial charge in [0.1, 0.15) is 0 Å². The van der Waals surface area contributed by atoms with E-state index >= 15 is 0 Å². The summed E-state index contributed by atoms with van der Waals surface area (Å²) in [7, 11) is 0. The summed E-state index contributed by atoms with van der Waals surface area (Å²) < 4.78 is 0. The van der Waals surface area contributed by atoms with Crippen molar-refractivity contribution in [2.75, 3.05) is 0 Å². The Morgan fingerprint density at radius 2 is 1.47 bits per heavy atom. The van der Waals surface area contributed by atoms with Gasteiger partial charge in [-0.15, -0.1) is 0 Å². The average molecular weight is 209 g/mol. The van der Waals surface area contributed by atoms with Crippen molar-refractivity contribution >= 4 is 0 Å². The molecule has 0 aromatic heterocycles. The van der Waals surface area contributed by atoms with Crippen LogP contribution in [0.5, 0.6) is 0 Å². The molecule has 0 aromatic rings. The second-order valence-electron chi connectivity index (χ2n) is 4.47. The summed E-state index contributed by atoms with van der Waals surface area (Å²) in [4.78, 5) is 0. The lowest BCUT2D eigenvalue weighted by atomic mass is 9.94. The number of hydrogen-bond acceptors (Lipinski definition) is 0. The van der Waals surface area contributed by atoms with Crippen LogP contribution in [-0.2, 0) is 0 Å². The van der Waals surface area contributed by atoms with Crippen LogP contribution >= 0.6 is 0 Å². The summed E-state index contributed by atoms with van der Waals surface area (Å²) in [6.07, 6.45) is 16.6. The van der Waals surface area contributed by atoms with Gasteiger partial charge >= 0.3 is 0 Å². The van der Waals surface area contributed by atoms with Crippen LogP contribution in [0.2, 0.25) is 0 Å². The quantitative estimate of drug-likeness (QED) is 0.327. The molecule has 0 N–H and O–H groups in total. The average Bonchev–Trinajstić information content (AvgIpc) is 2.25. The van der Waals surface area contributed by atoms with Gasteiger partial charge in [0.05, 0.1) is 0 Å². The molecule has 0 bridgehead atoms. The minimum atomic E-state index is 0.824. The second kappa shape index (κ2) is 11.8. The lowest BCUT2D eigenvalue weighted by Crippen LogP contribution is -1.97. The van der Waals surface area contributed by atoms with Crippen LogP contribution < -0.4 is 0 Å². The van der Waals surface area contributed by atoms with E-state index < -0.39 is 0 Å². The molecule has 0 heteroatoms. The maximum atomic E-state index is 3.86. The van der Waals surface area contributed by atoms with Crippen molar-refractivity contribution in [2.24, 2.45) is 5.92 Å². The van der Waals surface area contributed by atoms with Gasteiger partial charge in [0.25, 0.3) is 0 Å². The number of hydrogen-bond donors (Lipinski definition) is 0. The molecule has 0 aromatic carbocycles. The highest BCUT2D eigenvalue weighted by Gasteiger charge is 2.03. The summed E-state index contributed by atoms with van der Waals surface area (Å²) >= 11 is 0. The van der Waals surface area contributed by atoms with Gasteiger partial charge in [-0.3, -0.25) is 0 Å². The molecule has 0 unspecified atom stereocenters. The summed E-state index contributed by atoms with van der Waals surface area (Å²) in [5.41, 5.74) is 0. The largest absolute Gasteiger partial charge is 0.0883 e. The minimum Gasteiger partial charge on any atom is -0.0883 e. The third-order valence-corrected chi connectivity index (χ3v) is 2.93. The molecular formula is C15H29. The van der Waals surface area contributed by atoms with Crippen LogP contribution in [0.4, 0.5) is 0 Å². The zero-order chi connectivity index (χ0) is 11.4. The van der Waals surface area contributed by atoms with E-state index in [1.54, 1.807) is 0 Å². The van der Waals surface area contributed by atoms with Crippen molar-refractivity contribution in [1.29, 1.82) is 0 Å². The maximum absolute atomic E-state index is 3.86. The molecule has 89 valence electrons. The monoisotopic (exact) mass is 209 g/mol. The van der Waals surface area contributed by atoms with Gasteiger partial charge in [-0.2, -0.15) is 0 Å². The molecule has 0 spiro atoms. The Morgan fingerprint density at radius 1 is 0.933 bits per heavy atom. The molecule has 0 aliphatic heterocycles. The predicted molar refractivity (Wildman–Crippen MR) is 70.9 cm³/mol. The predicted octanol–water partition coefficient (Wildman–Crippen LogP) is 5.54. The summed E-state index contributed by atoms with van der Waals surface area (Å²) in [5, 5.41) is 0. The summed E-state index contributed by atoms with van der Waals surface area (Å²) in [5.74, 6) is 0.824. The molecule has 0 aliphatic carbocycles. The Bertz CT molecular complexity index is 125. The molecule has 0 atom stereocenters. The Kier molecular flexibility index (Phi) is 11.6. The van der Waals surface area contributed by atoms with E-state index in [-0.39, 0.29) is 0 Å². The molecule has 0 saturated heterocycles. The highest BCUT2D eigenvalue weighted by atomic mass is 14.1. The van der Waals surface area contributed by atoms with Crippen LogP contribution in [0.3, 0.4) is 0 Å². The third kappa shape index (κ3) is 10.0. The van der Waals surface area contributed by atoms with Gasteiger partial charge in [0.2, 0.25) is 0 Å². The van der Waals surface area contributed by atoms with Crippen LogP contribution in [0.25, 0.3) is 0 Å². The van der Waals surface area contributed by atoms with Crippen molar-refractivity contribution in [1.82, 2.24) is 0 Å². The van der Waals surface area contributed by atoms with Crippen molar-refractivity contribution in [3.8, 4) is 0 Å². The molecule has 0 fully saturated rings. The van der Waals surface area contributed by atoms with Crippen LogP contribution in [0.15, 0.2) is 12.2 Å². The highest BCUT2D eigenvalue weighted by molar-refractivity contribution is 4.88. The number of unbranched alkanes of at least 4 members (excludes halogenated alkanes) is 4. The van der Waals surface area contributed by atoms with Gasteiger partial charge in [-0.1, -0.05) is 64.5 Å². The Hall–Kier alpha value is -0.260. The normalized spacial score (nSPS) is 11.7. The lowest BCUT2D eigenvalue weighted by molar-refractivity contribution is 0.481. The van der Waals surface area contributed by atoms with E-state index in [2.05, 4.69) is 32.9 Å². The van der Waals surface area contributed by atoms with E-state index in [9.17, 15) is 0 Å². The van der Waals surface area contributed by atoms with E-state index in [1.165, 1.54) is 51.4 Å². The minimum absolute atomic E-state index is 0.824. The Morgan fingerprint density at radius 3 is 1.87 bits per heavy atom. The molecule has 1 radical (unpaired) electrons. The third-order valence-electron chi connectivity index (χ3n) is 2.93. The summed E-state index contributed by atoms with van der Waals surface area (Å²) in [6, 6.07) is 0. The SMILES string of the molecule is [CH2]CC=CC(CCCCC)CCCCC. The first-order valence-electron chi connectivity index (χ1n) is 6.81. The van der Waals surface area contributed by atoms with Crippen LogP contribution in [0.1, 0.15) is 71.6 Å². The summed E-state index contributed by atoms with van der Waals surface area (Å²) in [6.45, 7) is 8.42. The van der Waals surface area contributed by atoms with Gasteiger partial charge in [0.15, 0.2) is 0 Å². The van der Waals surface area contributed by atoms with Gasteiger partial charge in [-0.25, -0.2) is 0 Å². The zero-order valence-electron chi connectivity index (χ0n) is 10.8. The van der Waals surface area contributed by atoms with Crippen molar-refractivity contribution in [3.05, 3.63) is 19.1 Å². The first-order valence-corrected chi connectivity index (χ1v) is 6.81. The molecule has 0 amide bonds. The Balaban J connectivity index is 3.68. The fraction of sp³-hybridized carbons (Fsp3) is 0.800. The van der Waals surface area contributed by atoms with Crippen LogP contribution in [0, 0.1) is 12.8 Å². The van der Waals surface area contributed by atoms with Gasteiger partial charge < -0.3 is 0 Å². The smallest absolute Gasteiger partial charge is 0.0234 e. The van der Waals surface area contributed by atoms with E-state index in [1.807, 2.05) is 0 Å². The fourth-order valence-electron chi connectivity index (χ4n) is 1.94. The first-order chi connectivity index (χ1) is 7.35. The number of rotatable bonds is 10. The molecule has 0 rings (SSSR count). The topological polar surface area (TPSA) is 0 Å².